The molecule has 0 spiro atoms. The Bertz CT molecular complexity index is 446. The quantitative estimate of drug-likeness (QED) is 0.784. The summed E-state index contributed by atoms with van der Waals surface area (Å²) in [6.07, 6.45) is 0. The lowest BCUT2D eigenvalue weighted by molar-refractivity contribution is -0.0660. The summed E-state index contributed by atoms with van der Waals surface area (Å²) >= 11 is 3.37. The number of hydrogen-bond donors (Lipinski definition) is 0. The van der Waals surface area contributed by atoms with Crippen molar-refractivity contribution in [3.05, 3.63) is 16.7 Å². The summed E-state index contributed by atoms with van der Waals surface area (Å²) in [5.41, 5.74) is 1.08. The molecule has 0 amide bonds. The summed E-state index contributed by atoms with van der Waals surface area (Å²) in [5.74, 6) is 0.690. The van der Waals surface area contributed by atoms with Crippen LogP contribution in [-0.2, 0) is 4.74 Å². The number of pyridine rings is 1. The van der Waals surface area contributed by atoms with E-state index < -0.39 is 0 Å². The van der Waals surface area contributed by atoms with Crippen LogP contribution in [0.15, 0.2) is 16.7 Å². The minimum Gasteiger partial charge on any atom is -0.479 e. The predicted octanol–water partition coefficient (Wildman–Crippen LogP) is 1.37. The molecule has 3 heterocycles. The van der Waals surface area contributed by atoms with Gasteiger partial charge in [-0.2, -0.15) is 0 Å². The van der Waals surface area contributed by atoms with Crippen LogP contribution < -0.4 is 9.64 Å². The van der Waals surface area contributed by atoms with Crippen molar-refractivity contribution in [3.8, 4) is 5.88 Å². The molecule has 0 bridgehead atoms. The second kappa shape index (κ2) is 5.64. The smallest absolute Gasteiger partial charge is 0.238 e. The van der Waals surface area contributed by atoms with Crippen molar-refractivity contribution in [3.63, 3.8) is 0 Å². The van der Waals surface area contributed by atoms with E-state index in [0.29, 0.717) is 11.9 Å². The number of anilines is 1. The van der Waals surface area contributed by atoms with Crippen molar-refractivity contribution in [2.75, 3.05) is 51.4 Å². The Hall–Kier alpha value is -0.850. The molecule has 0 aliphatic carbocycles. The van der Waals surface area contributed by atoms with Crippen LogP contribution in [0.2, 0.25) is 0 Å². The van der Waals surface area contributed by atoms with Gasteiger partial charge in [0.25, 0.3) is 0 Å². The number of rotatable bonds is 3. The molecule has 19 heavy (non-hydrogen) atoms. The number of piperazine rings is 1. The molecule has 2 fully saturated rings. The molecule has 3 rings (SSSR count). The van der Waals surface area contributed by atoms with Crippen molar-refractivity contribution in [2.24, 2.45) is 0 Å². The summed E-state index contributed by atoms with van der Waals surface area (Å²) in [6.45, 7) is 5.96. The molecule has 6 heteroatoms. The van der Waals surface area contributed by atoms with E-state index in [1.807, 2.05) is 6.07 Å². The third kappa shape index (κ3) is 2.70. The zero-order valence-corrected chi connectivity index (χ0v) is 12.6. The largest absolute Gasteiger partial charge is 0.479 e. The van der Waals surface area contributed by atoms with Gasteiger partial charge in [-0.15, -0.1) is 0 Å². The second-order valence-electron chi connectivity index (χ2n) is 4.88. The fraction of sp³-hybridized carbons (Fsp3) is 0.615. The molecule has 0 N–H and O–H groups in total. The molecular weight excluding hydrogens is 310 g/mol. The molecule has 1 aromatic rings. The average molecular weight is 328 g/mol. The lowest BCUT2D eigenvalue weighted by atomic mass is 10.1. The van der Waals surface area contributed by atoms with Crippen molar-refractivity contribution in [1.82, 2.24) is 9.88 Å². The fourth-order valence-electron chi connectivity index (χ4n) is 2.56. The molecule has 0 aromatic carbocycles. The van der Waals surface area contributed by atoms with E-state index in [1.165, 1.54) is 0 Å². The third-order valence-electron chi connectivity index (χ3n) is 3.79. The summed E-state index contributed by atoms with van der Waals surface area (Å²) in [5, 5.41) is 0. The first-order valence-electron chi connectivity index (χ1n) is 6.55. The summed E-state index contributed by atoms with van der Waals surface area (Å²) < 4.78 is 11.4. The van der Waals surface area contributed by atoms with Crippen molar-refractivity contribution in [1.29, 1.82) is 0 Å². The van der Waals surface area contributed by atoms with E-state index in [-0.39, 0.29) is 0 Å². The topological polar surface area (TPSA) is 37.8 Å². The van der Waals surface area contributed by atoms with Gasteiger partial charge in [-0.05, 0) is 28.1 Å². The molecule has 0 unspecified atom stereocenters. The van der Waals surface area contributed by atoms with E-state index in [9.17, 15) is 0 Å². The van der Waals surface area contributed by atoms with Gasteiger partial charge >= 0.3 is 0 Å². The minimum absolute atomic E-state index is 0.632. The van der Waals surface area contributed by atoms with Crippen LogP contribution >= 0.6 is 15.9 Å². The van der Waals surface area contributed by atoms with Crippen LogP contribution in [0.25, 0.3) is 0 Å². The Labute approximate surface area is 121 Å². The number of nitrogens with zero attached hydrogens (tertiary/aromatic N) is 3. The predicted molar refractivity (Wildman–Crippen MR) is 76.9 cm³/mol. The molecule has 0 radical (unpaired) electrons. The van der Waals surface area contributed by atoms with Crippen LogP contribution in [0, 0.1) is 0 Å². The molecular formula is C13H18BrN3O2. The lowest BCUT2D eigenvalue weighted by Gasteiger charge is -2.43. The first-order chi connectivity index (χ1) is 9.28. The van der Waals surface area contributed by atoms with Crippen LogP contribution in [0.5, 0.6) is 5.88 Å². The van der Waals surface area contributed by atoms with E-state index in [0.717, 1.165) is 49.7 Å². The van der Waals surface area contributed by atoms with Gasteiger partial charge < -0.3 is 14.4 Å². The number of hydrogen-bond acceptors (Lipinski definition) is 5. The molecule has 2 saturated heterocycles. The van der Waals surface area contributed by atoms with Crippen LogP contribution in [0.4, 0.5) is 5.69 Å². The monoisotopic (exact) mass is 327 g/mol. The fourth-order valence-corrected chi connectivity index (χ4v) is 2.86. The van der Waals surface area contributed by atoms with Gasteiger partial charge in [0.05, 0.1) is 26.4 Å². The Morgan fingerprint density at radius 1 is 1.26 bits per heavy atom. The summed E-state index contributed by atoms with van der Waals surface area (Å²) in [4.78, 5) is 9.22. The molecule has 5 nitrogen and oxygen atoms in total. The lowest BCUT2D eigenvalue weighted by Crippen LogP contribution is -2.56. The van der Waals surface area contributed by atoms with E-state index in [4.69, 9.17) is 9.47 Å². The first-order valence-corrected chi connectivity index (χ1v) is 7.34. The summed E-state index contributed by atoms with van der Waals surface area (Å²) in [7, 11) is 1.67. The molecule has 2 aliphatic heterocycles. The number of methoxy groups -OCH3 is 1. The highest BCUT2D eigenvalue weighted by molar-refractivity contribution is 9.10. The SMILES string of the molecule is COc1nc(Br)ccc1N1CCN(C2COC2)CC1. The maximum Gasteiger partial charge on any atom is 0.238 e. The molecule has 2 aliphatic rings. The number of aromatic nitrogens is 1. The van der Waals surface area contributed by atoms with Crippen LogP contribution in [-0.4, -0.2) is 62.4 Å². The number of ether oxygens (including phenoxy) is 2. The standard InChI is InChI=1S/C13H18BrN3O2/c1-18-13-11(2-3-12(14)15-13)17-6-4-16(5-7-17)10-8-19-9-10/h2-3,10H,4-9H2,1H3. The van der Waals surface area contributed by atoms with Gasteiger partial charge in [0.2, 0.25) is 5.88 Å². The maximum absolute atomic E-state index is 5.37. The van der Waals surface area contributed by atoms with Crippen molar-refractivity contribution >= 4 is 21.6 Å². The zero-order valence-electron chi connectivity index (χ0n) is 11.0. The van der Waals surface area contributed by atoms with E-state index in [2.05, 4.69) is 36.8 Å². The van der Waals surface area contributed by atoms with Gasteiger partial charge in [-0.1, -0.05) is 0 Å². The second-order valence-corrected chi connectivity index (χ2v) is 5.69. The van der Waals surface area contributed by atoms with Gasteiger partial charge in [0.15, 0.2) is 0 Å². The highest BCUT2D eigenvalue weighted by Gasteiger charge is 2.29. The average Bonchev–Trinajstić information content (AvgIpc) is 2.38. The Balaban J connectivity index is 1.67. The van der Waals surface area contributed by atoms with E-state index in [1.54, 1.807) is 7.11 Å². The third-order valence-corrected chi connectivity index (χ3v) is 4.23. The van der Waals surface area contributed by atoms with Gasteiger partial charge in [-0.3, -0.25) is 4.90 Å². The van der Waals surface area contributed by atoms with Crippen LogP contribution in [0.1, 0.15) is 0 Å². The molecule has 104 valence electrons. The molecule has 0 atom stereocenters. The Morgan fingerprint density at radius 3 is 2.58 bits per heavy atom. The Morgan fingerprint density at radius 2 is 2.00 bits per heavy atom. The highest BCUT2D eigenvalue weighted by atomic mass is 79.9. The molecule has 1 aromatic heterocycles. The molecule has 0 saturated carbocycles. The van der Waals surface area contributed by atoms with Gasteiger partial charge in [0, 0.05) is 26.2 Å². The highest BCUT2D eigenvalue weighted by Crippen LogP contribution is 2.29. The zero-order chi connectivity index (χ0) is 13.2. The summed E-state index contributed by atoms with van der Waals surface area (Å²) in [6, 6.07) is 4.66. The number of halogens is 1. The van der Waals surface area contributed by atoms with Crippen molar-refractivity contribution < 1.29 is 9.47 Å². The normalized spacial score (nSPS) is 21.3. The minimum atomic E-state index is 0.632. The van der Waals surface area contributed by atoms with Gasteiger partial charge in [0.1, 0.15) is 10.3 Å². The Kier molecular flexibility index (Phi) is 3.91. The van der Waals surface area contributed by atoms with Gasteiger partial charge in [-0.25, -0.2) is 4.98 Å². The van der Waals surface area contributed by atoms with E-state index >= 15 is 0 Å². The van der Waals surface area contributed by atoms with Crippen molar-refractivity contribution in [2.45, 2.75) is 6.04 Å². The van der Waals surface area contributed by atoms with Crippen LogP contribution in [0.3, 0.4) is 0 Å². The first kappa shape index (κ1) is 13.1. The maximum atomic E-state index is 5.37.